The fourth-order valence-corrected chi connectivity index (χ4v) is 3.15. The molecule has 2 aromatic carbocycles. The number of H-pyrrole nitrogens is 1. The van der Waals surface area contributed by atoms with Gasteiger partial charge >= 0.3 is 5.69 Å². The standard InChI is InChI=1S/C22H23IN2O5/c1-16(30-15-25-20(26)19(23)12-24-22(25)27)21(28-13-17-8-4-2-5-9-17)29-14-18-10-6-3-7-11-18/h2-12,16,21H,13-15H2,1H3,(H,24,27). The van der Waals surface area contributed by atoms with E-state index in [1.807, 2.05) is 83.3 Å². The van der Waals surface area contributed by atoms with Gasteiger partial charge in [0.2, 0.25) is 0 Å². The summed E-state index contributed by atoms with van der Waals surface area (Å²) in [4.78, 5) is 26.7. The highest BCUT2D eigenvalue weighted by atomic mass is 127. The van der Waals surface area contributed by atoms with E-state index in [1.165, 1.54) is 6.20 Å². The van der Waals surface area contributed by atoms with Crippen molar-refractivity contribution in [1.29, 1.82) is 0 Å². The molecule has 0 fully saturated rings. The summed E-state index contributed by atoms with van der Waals surface area (Å²) in [5.74, 6) is 0. The van der Waals surface area contributed by atoms with Gasteiger partial charge in [0.15, 0.2) is 6.29 Å². The highest BCUT2D eigenvalue weighted by molar-refractivity contribution is 14.1. The zero-order chi connectivity index (χ0) is 21.3. The fraction of sp³-hybridized carbons (Fsp3) is 0.273. The van der Waals surface area contributed by atoms with Crippen LogP contribution >= 0.6 is 22.6 Å². The Morgan fingerprint density at radius 3 is 1.97 bits per heavy atom. The first kappa shape index (κ1) is 22.4. The van der Waals surface area contributed by atoms with Crippen LogP contribution in [0.25, 0.3) is 0 Å². The molecule has 158 valence electrons. The Morgan fingerprint density at radius 1 is 0.900 bits per heavy atom. The predicted molar refractivity (Wildman–Crippen MR) is 121 cm³/mol. The van der Waals surface area contributed by atoms with Crippen LogP contribution in [-0.2, 0) is 34.2 Å². The highest BCUT2D eigenvalue weighted by Gasteiger charge is 2.21. The van der Waals surface area contributed by atoms with E-state index >= 15 is 0 Å². The number of hydrogen-bond donors (Lipinski definition) is 1. The van der Waals surface area contributed by atoms with E-state index in [0.29, 0.717) is 16.8 Å². The number of halogens is 1. The largest absolute Gasteiger partial charge is 0.352 e. The zero-order valence-electron chi connectivity index (χ0n) is 16.5. The Labute approximate surface area is 187 Å². The lowest BCUT2D eigenvalue weighted by atomic mass is 10.2. The Bertz CT molecular complexity index is 993. The van der Waals surface area contributed by atoms with Gasteiger partial charge in [0, 0.05) is 6.20 Å². The molecule has 0 spiro atoms. The van der Waals surface area contributed by atoms with Crippen molar-refractivity contribution in [2.24, 2.45) is 0 Å². The second-order valence-electron chi connectivity index (χ2n) is 6.64. The lowest BCUT2D eigenvalue weighted by molar-refractivity contribution is -0.220. The Kier molecular flexibility index (Phi) is 8.38. The SMILES string of the molecule is CC(OCn1c(=O)[nH]cc(I)c1=O)C(OCc1ccccc1)OCc1ccccc1. The van der Waals surface area contributed by atoms with Crippen LogP contribution in [0.1, 0.15) is 18.1 Å². The number of nitrogens with one attached hydrogen (secondary N) is 1. The van der Waals surface area contributed by atoms with E-state index in [2.05, 4.69) is 4.98 Å². The van der Waals surface area contributed by atoms with Crippen molar-refractivity contribution in [1.82, 2.24) is 9.55 Å². The maximum absolute atomic E-state index is 12.2. The fourth-order valence-electron chi connectivity index (χ4n) is 2.70. The summed E-state index contributed by atoms with van der Waals surface area (Å²) < 4.78 is 19.1. The van der Waals surface area contributed by atoms with E-state index in [-0.39, 0.29) is 6.73 Å². The van der Waals surface area contributed by atoms with Crippen LogP contribution in [0.15, 0.2) is 76.4 Å². The van der Waals surface area contributed by atoms with Crippen LogP contribution in [0.3, 0.4) is 0 Å². The van der Waals surface area contributed by atoms with Crippen LogP contribution in [0, 0.1) is 3.57 Å². The van der Waals surface area contributed by atoms with Crippen LogP contribution in [0.4, 0.5) is 0 Å². The van der Waals surface area contributed by atoms with Gasteiger partial charge in [-0.25, -0.2) is 9.36 Å². The predicted octanol–water partition coefficient (Wildman–Crippen LogP) is 3.26. The van der Waals surface area contributed by atoms with Gasteiger partial charge in [-0.05, 0) is 40.6 Å². The third-order valence-electron chi connectivity index (χ3n) is 4.38. The molecule has 1 atom stereocenters. The van der Waals surface area contributed by atoms with Crippen molar-refractivity contribution in [2.75, 3.05) is 0 Å². The van der Waals surface area contributed by atoms with Crippen LogP contribution in [-0.4, -0.2) is 21.9 Å². The number of ether oxygens (including phenoxy) is 3. The first-order chi connectivity index (χ1) is 14.5. The van der Waals surface area contributed by atoms with Crippen molar-refractivity contribution in [3.63, 3.8) is 0 Å². The van der Waals surface area contributed by atoms with Crippen molar-refractivity contribution in [3.05, 3.63) is 102 Å². The van der Waals surface area contributed by atoms with E-state index in [9.17, 15) is 9.59 Å². The maximum atomic E-state index is 12.2. The molecule has 3 rings (SSSR count). The second kappa shape index (κ2) is 11.2. The summed E-state index contributed by atoms with van der Waals surface area (Å²) in [5.41, 5.74) is 1.07. The lowest BCUT2D eigenvalue weighted by Gasteiger charge is -2.25. The average molecular weight is 522 g/mol. The van der Waals surface area contributed by atoms with E-state index in [1.54, 1.807) is 6.92 Å². The normalized spacial score (nSPS) is 12.2. The summed E-state index contributed by atoms with van der Waals surface area (Å²) >= 11 is 1.87. The number of aromatic nitrogens is 2. The highest BCUT2D eigenvalue weighted by Crippen LogP contribution is 2.13. The van der Waals surface area contributed by atoms with Gasteiger partial charge in [0.1, 0.15) is 12.8 Å². The van der Waals surface area contributed by atoms with Gasteiger partial charge in [-0.1, -0.05) is 60.7 Å². The molecule has 3 aromatic rings. The third kappa shape index (κ3) is 6.36. The summed E-state index contributed by atoms with van der Waals surface area (Å²) in [5, 5.41) is 0. The maximum Gasteiger partial charge on any atom is 0.330 e. The van der Waals surface area contributed by atoms with Gasteiger partial charge in [-0.2, -0.15) is 0 Å². The van der Waals surface area contributed by atoms with Crippen LogP contribution < -0.4 is 11.2 Å². The molecule has 8 heteroatoms. The van der Waals surface area contributed by atoms with Gasteiger partial charge in [0.05, 0.1) is 16.8 Å². The number of aromatic amines is 1. The number of hydrogen-bond acceptors (Lipinski definition) is 5. The molecule has 0 bridgehead atoms. The second-order valence-corrected chi connectivity index (χ2v) is 7.80. The van der Waals surface area contributed by atoms with Crippen molar-refractivity contribution >= 4 is 22.6 Å². The van der Waals surface area contributed by atoms with E-state index < -0.39 is 23.6 Å². The van der Waals surface area contributed by atoms with Crippen molar-refractivity contribution in [3.8, 4) is 0 Å². The van der Waals surface area contributed by atoms with Gasteiger partial charge < -0.3 is 19.2 Å². The number of nitrogens with zero attached hydrogens (tertiary/aromatic N) is 1. The Morgan fingerprint density at radius 2 is 1.43 bits per heavy atom. The third-order valence-corrected chi connectivity index (χ3v) is 5.15. The van der Waals surface area contributed by atoms with Gasteiger partial charge in [-0.3, -0.25) is 4.79 Å². The minimum atomic E-state index is -0.692. The first-order valence-corrected chi connectivity index (χ1v) is 10.5. The monoisotopic (exact) mass is 522 g/mol. The number of rotatable bonds is 10. The smallest absolute Gasteiger partial charge is 0.330 e. The molecule has 0 aliphatic heterocycles. The summed E-state index contributed by atoms with van der Waals surface area (Å²) in [7, 11) is 0. The van der Waals surface area contributed by atoms with E-state index in [0.717, 1.165) is 15.7 Å². The molecule has 1 heterocycles. The summed E-state index contributed by atoms with van der Waals surface area (Å²) in [6, 6.07) is 19.5. The number of benzene rings is 2. The minimum Gasteiger partial charge on any atom is -0.352 e. The van der Waals surface area contributed by atoms with Crippen molar-refractivity contribution in [2.45, 2.75) is 39.3 Å². The topological polar surface area (TPSA) is 82.6 Å². The summed E-state index contributed by atoms with van der Waals surface area (Å²) in [6.07, 6.45) is 0.157. The van der Waals surface area contributed by atoms with Gasteiger partial charge in [0.25, 0.3) is 5.56 Å². The molecule has 1 N–H and O–H groups in total. The lowest BCUT2D eigenvalue weighted by Crippen LogP contribution is -2.39. The minimum absolute atomic E-state index is 0.202. The first-order valence-electron chi connectivity index (χ1n) is 9.45. The molecule has 1 unspecified atom stereocenters. The Hall–Kier alpha value is -2.27. The molecular formula is C22H23IN2O5. The Balaban J connectivity index is 1.67. The van der Waals surface area contributed by atoms with Crippen molar-refractivity contribution < 1.29 is 14.2 Å². The summed E-state index contributed by atoms with van der Waals surface area (Å²) in [6.45, 7) is 2.27. The molecule has 0 radical (unpaired) electrons. The molecule has 0 aliphatic rings. The molecule has 7 nitrogen and oxygen atoms in total. The molecule has 0 amide bonds. The molecule has 0 aliphatic carbocycles. The van der Waals surface area contributed by atoms with Crippen LogP contribution in [0.5, 0.6) is 0 Å². The average Bonchev–Trinajstić information content (AvgIpc) is 2.77. The molecular weight excluding hydrogens is 499 g/mol. The quantitative estimate of drug-likeness (QED) is 0.327. The van der Waals surface area contributed by atoms with Gasteiger partial charge in [-0.15, -0.1) is 0 Å². The molecule has 30 heavy (non-hydrogen) atoms. The van der Waals surface area contributed by atoms with E-state index in [4.69, 9.17) is 14.2 Å². The van der Waals surface area contributed by atoms with Crippen LogP contribution in [0.2, 0.25) is 0 Å². The molecule has 0 saturated carbocycles. The molecule has 1 aromatic heterocycles. The zero-order valence-corrected chi connectivity index (χ0v) is 18.7. The molecule has 0 saturated heterocycles.